The number of dihydropyridines is 1. The fraction of sp³-hybridized carbons (Fsp3) is 0.286. The second-order valence-corrected chi connectivity index (χ2v) is 2.65. The summed E-state index contributed by atoms with van der Waals surface area (Å²) in [4.78, 5) is -0.436. The molecule has 1 aliphatic rings. The highest BCUT2D eigenvalue weighted by Gasteiger charge is 2.19. The third-order valence-electron chi connectivity index (χ3n) is 1.25. The molecule has 1 radical (unpaired) electrons. The lowest BCUT2D eigenvalue weighted by Gasteiger charge is -2.23. The average molecular weight is 143 g/mol. The predicted octanol–water partition coefficient (Wildman–Crippen LogP) is 1.82. The van der Waals surface area contributed by atoms with Gasteiger partial charge in [0.25, 0.3) is 0 Å². The van der Waals surface area contributed by atoms with Crippen LogP contribution in [0.25, 0.3) is 0 Å². The van der Waals surface area contributed by atoms with E-state index in [1.165, 1.54) is 0 Å². The molecule has 1 N–H and O–H groups in total. The molecule has 0 aromatic carbocycles. The van der Waals surface area contributed by atoms with Gasteiger partial charge in [0.05, 0.1) is 0 Å². The monoisotopic (exact) mass is 142 g/mol. The van der Waals surface area contributed by atoms with Crippen molar-refractivity contribution in [1.29, 1.82) is 0 Å². The Balaban J connectivity index is 2.63. The molecule has 1 aliphatic heterocycles. The third kappa shape index (κ3) is 1.49. The summed E-state index contributed by atoms with van der Waals surface area (Å²) in [5.74, 6) is 0. The lowest BCUT2D eigenvalue weighted by molar-refractivity contribution is 0.629. The van der Waals surface area contributed by atoms with Crippen LogP contribution < -0.4 is 5.32 Å². The Kier molecular flexibility index (Phi) is 1.81. The second kappa shape index (κ2) is 2.44. The van der Waals surface area contributed by atoms with E-state index in [0.29, 0.717) is 6.42 Å². The Labute approximate surface area is 60.4 Å². The number of nitrogens with one attached hydrogen (secondary N) is 1. The molecule has 0 fully saturated rings. The molecular weight excluding hydrogens is 134 g/mol. The quantitative estimate of drug-likeness (QED) is 0.435. The van der Waals surface area contributed by atoms with E-state index in [1.807, 2.05) is 24.4 Å². The molecular formula is C7H9ClN. The Bertz CT molecular complexity index is 151. The summed E-state index contributed by atoms with van der Waals surface area (Å²) in [5.41, 5.74) is 0. The predicted molar refractivity (Wildman–Crippen MR) is 40.0 cm³/mol. The molecule has 1 nitrogen and oxygen atoms in total. The van der Waals surface area contributed by atoms with Crippen LogP contribution in [-0.4, -0.2) is 5.00 Å². The number of halogens is 1. The number of rotatable bonds is 1. The highest BCUT2D eigenvalue weighted by molar-refractivity contribution is 6.25. The molecule has 0 spiro atoms. The van der Waals surface area contributed by atoms with Gasteiger partial charge in [-0.15, -0.1) is 0 Å². The number of hydrogen-bond acceptors (Lipinski definition) is 1. The van der Waals surface area contributed by atoms with Crippen molar-refractivity contribution in [3.8, 4) is 0 Å². The van der Waals surface area contributed by atoms with Crippen LogP contribution in [0.15, 0.2) is 24.4 Å². The van der Waals surface area contributed by atoms with Gasteiger partial charge in [0.1, 0.15) is 5.00 Å². The van der Waals surface area contributed by atoms with Crippen molar-refractivity contribution in [2.24, 2.45) is 0 Å². The molecule has 1 unspecified atom stereocenters. The van der Waals surface area contributed by atoms with Crippen LogP contribution in [0.4, 0.5) is 0 Å². The average Bonchev–Trinajstić information content (AvgIpc) is 1.90. The maximum atomic E-state index is 5.95. The molecule has 0 amide bonds. The second-order valence-electron chi connectivity index (χ2n) is 1.98. The summed E-state index contributed by atoms with van der Waals surface area (Å²) in [6, 6.07) is 0. The molecule has 0 aromatic rings. The molecule has 1 heterocycles. The summed E-state index contributed by atoms with van der Waals surface area (Å²) in [5, 5.41) is 2.98. The molecule has 0 aromatic heterocycles. The highest BCUT2D eigenvalue weighted by Crippen LogP contribution is 2.19. The van der Waals surface area contributed by atoms with E-state index in [9.17, 15) is 0 Å². The van der Waals surface area contributed by atoms with Gasteiger partial charge in [-0.3, -0.25) is 0 Å². The third-order valence-corrected chi connectivity index (χ3v) is 1.68. The first-order valence-electron chi connectivity index (χ1n) is 2.87. The largest absolute Gasteiger partial charge is 0.370 e. The molecule has 2 heteroatoms. The van der Waals surface area contributed by atoms with Crippen LogP contribution in [-0.2, 0) is 0 Å². The smallest absolute Gasteiger partial charge is 0.131 e. The van der Waals surface area contributed by atoms with Crippen LogP contribution >= 0.6 is 11.6 Å². The maximum absolute atomic E-state index is 5.95. The van der Waals surface area contributed by atoms with Crippen LogP contribution in [0.3, 0.4) is 0 Å². The van der Waals surface area contributed by atoms with Gasteiger partial charge in [0, 0.05) is 0 Å². The van der Waals surface area contributed by atoms with Crippen LogP contribution in [0, 0.1) is 6.92 Å². The van der Waals surface area contributed by atoms with Gasteiger partial charge in [-0.25, -0.2) is 0 Å². The van der Waals surface area contributed by atoms with Crippen molar-refractivity contribution < 1.29 is 0 Å². The van der Waals surface area contributed by atoms with Crippen molar-refractivity contribution in [2.45, 2.75) is 11.4 Å². The maximum Gasteiger partial charge on any atom is 0.131 e. The van der Waals surface area contributed by atoms with Gasteiger partial charge in [0.15, 0.2) is 0 Å². The van der Waals surface area contributed by atoms with Crippen molar-refractivity contribution in [3.05, 3.63) is 31.4 Å². The van der Waals surface area contributed by atoms with E-state index >= 15 is 0 Å². The van der Waals surface area contributed by atoms with Crippen LogP contribution in [0.5, 0.6) is 0 Å². The van der Waals surface area contributed by atoms with Crippen LogP contribution in [0.2, 0.25) is 0 Å². The molecule has 0 saturated carbocycles. The SMILES string of the molecule is [CH2]CC1(Cl)C=CC=CN1. The Morgan fingerprint density at radius 2 is 2.33 bits per heavy atom. The van der Waals surface area contributed by atoms with Crippen LogP contribution in [0.1, 0.15) is 6.42 Å². The number of allylic oxidation sites excluding steroid dienone is 2. The Morgan fingerprint density at radius 1 is 1.56 bits per heavy atom. The number of alkyl halides is 1. The first-order valence-corrected chi connectivity index (χ1v) is 3.25. The summed E-state index contributed by atoms with van der Waals surface area (Å²) >= 11 is 5.95. The van der Waals surface area contributed by atoms with E-state index in [0.717, 1.165) is 0 Å². The van der Waals surface area contributed by atoms with Gasteiger partial charge in [-0.1, -0.05) is 17.7 Å². The standard InChI is InChI=1S/C7H9ClN/c1-2-7(8)5-3-4-6-9-7/h3-6,9H,1-2H2. The van der Waals surface area contributed by atoms with E-state index in [4.69, 9.17) is 11.6 Å². The number of hydrogen-bond donors (Lipinski definition) is 1. The fourth-order valence-corrected chi connectivity index (χ4v) is 0.790. The van der Waals surface area contributed by atoms with Gasteiger partial charge in [0.2, 0.25) is 0 Å². The molecule has 1 rings (SSSR count). The van der Waals surface area contributed by atoms with Gasteiger partial charge < -0.3 is 5.32 Å². The van der Waals surface area contributed by atoms with Crippen molar-refractivity contribution in [3.63, 3.8) is 0 Å². The van der Waals surface area contributed by atoms with E-state index < -0.39 is 5.00 Å². The summed E-state index contributed by atoms with van der Waals surface area (Å²) in [6.07, 6.45) is 8.17. The lowest BCUT2D eigenvalue weighted by Crippen LogP contribution is -2.34. The van der Waals surface area contributed by atoms with Gasteiger partial charge in [-0.2, -0.15) is 0 Å². The molecule has 9 heavy (non-hydrogen) atoms. The van der Waals surface area contributed by atoms with Gasteiger partial charge >= 0.3 is 0 Å². The van der Waals surface area contributed by atoms with E-state index in [-0.39, 0.29) is 0 Å². The summed E-state index contributed by atoms with van der Waals surface area (Å²) in [6.45, 7) is 3.70. The highest BCUT2D eigenvalue weighted by atomic mass is 35.5. The molecule has 0 bridgehead atoms. The first-order chi connectivity index (χ1) is 4.27. The first kappa shape index (κ1) is 6.69. The van der Waals surface area contributed by atoms with E-state index in [1.54, 1.807) is 0 Å². The zero-order valence-corrected chi connectivity index (χ0v) is 5.86. The molecule has 0 saturated heterocycles. The topological polar surface area (TPSA) is 12.0 Å². The normalized spacial score (nSPS) is 32.2. The van der Waals surface area contributed by atoms with E-state index in [2.05, 4.69) is 12.2 Å². The minimum absolute atomic E-state index is 0.436. The van der Waals surface area contributed by atoms with Crippen molar-refractivity contribution in [2.75, 3.05) is 0 Å². The molecule has 0 aliphatic carbocycles. The summed E-state index contributed by atoms with van der Waals surface area (Å²) in [7, 11) is 0. The minimum Gasteiger partial charge on any atom is -0.370 e. The Hall–Kier alpha value is -0.430. The minimum atomic E-state index is -0.436. The zero-order chi connectivity index (χ0) is 6.74. The fourth-order valence-electron chi connectivity index (χ4n) is 0.654. The zero-order valence-electron chi connectivity index (χ0n) is 5.10. The van der Waals surface area contributed by atoms with Gasteiger partial charge in [-0.05, 0) is 31.7 Å². The summed E-state index contributed by atoms with van der Waals surface area (Å²) < 4.78 is 0. The molecule has 49 valence electrons. The lowest BCUT2D eigenvalue weighted by atomic mass is 10.2. The Morgan fingerprint density at radius 3 is 2.67 bits per heavy atom. The van der Waals surface area contributed by atoms with Crippen molar-refractivity contribution in [1.82, 2.24) is 5.32 Å². The van der Waals surface area contributed by atoms with Crippen molar-refractivity contribution >= 4 is 11.6 Å². The molecule has 1 atom stereocenters.